The second kappa shape index (κ2) is 10.2. The Labute approximate surface area is 165 Å². The van der Waals surface area contributed by atoms with Crippen LogP contribution in [0.2, 0.25) is 0 Å². The highest BCUT2D eigenvalue weighted by molar-refractivity contribution is 7.86. The molecule has 28 heavy (non-hydrogen) atoms. The van der Waals surface area contributed by atoms with Crippen LogP contribution in [0.25, 0.3) is 0 Å². The molecule has 0 bridgehead atoms. The first-order valence-electron chi connectivity index (χ1n) is 8.84. The molecule has 0 heterocycles. The largest absolute Gasteiger partial charge is 0.491 e. The molecule has 152 valence electrons. The van der Waals surface area contributed by atoms with E-state index in [1.807, 2.05) is 6.92 Å². The van der Waals surface area contributed by atoms with Crippen molar-refractivity contribution in [1.82, 2.24) is 0 Å². The molecule has 0 fully saturated rings. The van der Waals surface area contributed by atoms with Gasteiger partial charge in [0.1, 0.15) is 19.0 Å². The first kappa shape index (κ1) is 21.9. The number of aliphatic hydroxyl groups is 1. The van der Waals surface area contributed by atoms with E-state index >= 15 is 0 Å². The summed E-state index contributed by atoms with van der Waals surface area (Å²) in [6, 6.07) is 13.1. The lowest BCUT2D eigenvalue weighted by Crippen LogP contribution is -2.25. The molecule has 0 unspecified atom stereocenters. The van der Waals surface area contributed by atoms with Crippen LogP contribution in [0.1, 0.15) is 18.1 Å². The van der Waals surface area contributed by atoms with Gasteiger partial charge in [0.05, 0.1) is 11.5 Å². The van der Waals surface area contributed by atoms with E-state index in [1.54, 1.807) is 43.3 Å². The van der Waals surface area contributed by atoms with Gasteiger partial charge in [0.25, 0.3) is 10.1 Å². The van der Waals surface area contributed by atoms with Crippen LogP contribution in [0.3, 0.4) is 0 Å². The molecule has 0 saturated carbocycles. The lowest BCUT2D eigenvalue weighted by Gasteiger charge is -2.11. The molecule has 1 N–H and O–H groups in total. The highest BCUT2D eigenvalue weighted by Crippen LogP contribution is 2.15. The summed E-state index contributed by atoms with van der Waals surface area (Å²) in [5.74, 6) is -0.138. The average molecular weight is 408 g/mol. The lowest BCUT2D eigenvalue weighted by atomic mass is 10.1. The maximum atomic E-state index is 12.1. The third kappa shape index (κ3) is 6.63. The Balaban J connectivity index is 1.79. The van der Waals surface area contributed by atoms with Gasteiger partial charge in [-0.2, -0.15) is 8.42 Å². The van der Waals surface area contributed by atoms with Crippen molar-refractivity contribution >= 4 is 16.1 Å². The topological polar surface area (TPSA) is 99.1 Å². The second-order valence-electron chi connectivity index (χ2n) is 6.05. The molecular weight excluding hydrogens is 384 g/mol. The standard InChI is InChI=1S/C20H24O7S/c1-3-25-20(22)19(21)14-16-6-8-17(9-7-16)26-12-13-27-28(23,24)18-10-4-15(2)5-11-18/h4-11,19,21H,3,12-14H2,1-2H3/t19-/m0/s1. The normalized spacial score (nSPS) is 12.4. The molecule has 2 rings (SSSR count). The van der Waals surface area contributed by atoms with Crippen LogP contribution in [0.4, 0.5) is 0 Å². The number of aliphatic hydroxyl groups excluding tert-OH is 1. The van der Waals surface area contributed by atoms with Gasteiger partial charge in [0, 0.05) is 6.42 Å². The van der Waals surface area contributed by atoms with E-state index in [1.165, 1.54) is 12.1 Å². The van der Waals surface area contributed by atoms with E-state index in [2.05, 4.69) is 0 Å². The second-order valence-corrected chi connectivity index (χ2v) is 7.67. The van der Waals surface area contributed by atoms with Gasteiger partial charge in [-0.1, -0.05) is 29.8 Å². The monoisotopic (exact) mass is 408 g/mol. The van der Waals surface area contributed by atoms with E-state index in [9.17, 15) is 18.3 Å². The molecule has 0 amide bonds. The van der Waals surface area contributed by atoms with Crippen LogP contribution in [0.5, 0.6) is 5.75 Å². The summed E-state index contributed by atoms with van der Waals surface area (Å²) >= 11 is 0. The molecule has 0 spiro atoms. The molecule has 0 aromatic heterocycles. The van der Waals surface area contributed by atoms with Crippen molar-refractivity contribution in [3.05, 3.63) is 59.7 Å². The lowest BCUT2D eigenvalue weighted by molar-refractivity contribution is -0.152. The molecule has 0 radical (unpaired) electrons. The Hall–Kier alpha value is -2.42. The molecule has 0 aliphatic rings. The number of hydrogen-bond acceptors (Lipinski definition) is 7. The molecular formula is C20H24O7S. The van der Waals surface area contributed by atoms with Gasteiger partial charge < -0.3 is 14.6 Å². The van der Waals surface area contributed by atoms with Crippen molar-refractivity contribution in [2.45, 2.75) is 31.3 Å². The number of ether oxygens (including phenoxy) is 2. The summed E-state index contributed by atoms with van der Waals surface area (Å²) < 4.78 is 39.3. The Morgan fingerprint density at radius 1 is 1.04 bits per heavy atom. The summed E-state index contributed by atoms with van der Waals surface area (Å²) in [6.45, 7) is 3.68. The molecule has 2 aromatic rings. The highest BCUT2D eigenvalue weighted by atomic mass is 32.2. The zero-order valence-corrected chi connectivity index (χ0v) is 16.6. The van der Waals surface area contributed by atoms with Crippen LogP contribution in [0.15, 0.2) is 53.4 Å². The molecule has 0 aliphatic heterocycles. The maximum Gasteiger partial charge on any atom is 0.335 e. The van der Waals surface area contributed by atoms with Gasteiger partial charge in [0.15, 0.2) is 6.10 Å². The number of carbonyl (C=O) groups is 1. The van der Waals surface area contributed by atoms with E-state index in [4.69, 9.17) is 13.7 Å². The van der Waals surface area contributed by atoms with Crippen molar-refractivity contribution in [1.29, 1.82) is 0 Å². The SMILES string of the molecule is CCOC(=O)[C@@H](O)Cc1ccc(OCCOS(=O)(=O)c2ccc(C)cc2)cc1. The van der Waals surface area contributed by atoms with Crippen molar-refractivity contribution in [3.63, 3.8) is 0 Å². The number of esters is 1. The zero-order valence-electron chi connectivity index (χ0n) is 15.8. The number of aryl methyl sites for hydroxylation is 1. The third-order valence-electron chi connectivity index (χ3n) is 3.81. The van der Waals surface area contributed by atoms with Gasteiger partial charge in [0.2, 0.25) is 0 Å². The predicted octanol–water partition coefficient (Wildman–Crippen LogP) is 2.25. The van der Waals surface area contributed by atoms with Gasteiger partial charge in [-0.05, 0) is 43.7 Å². The number of benzene rings is 2. The quantitative estimate of drug-likeness (QED) is 0.366. The highest BCUT2D eigenvalue weighted by Gasteiger charge is 2.17. The zero-order chi connectivity index (χ0) is 20.6. The molecule has 7 nitrogen and oxygen atoms in total. The Kier molecular flexibility index (Phi) is 7.98. The predicted molar refractivity (Wildman–Crippen MR) is 103 cm³/mol. The van der Waals surface area contributed by atoms with Gasteiger partial charge in [-0.15, -0.1) is 0 Å². The molecule has 2 aromatic carbocycles. The van der Waals surface area contributed by atoms with E-state index in [0.29, 0.717) is 5.75 Å². The van der Waals surface area contributed by atoms with Crippen LogP contribution in [-0.2, 0) is 30.3 Å². The van der Waals surface area contributed by atoms with Crippen molar-refractivity contribution < 1.29 is 32.0 Å². The summed E-state index contributed by atoms with van der Waals surface area (Å²) in [5.41, 5.74) is 1.70. The minimum absolute atomic E-state index is 0.0515. The van der Waals surface area contributed by atoms with E-state index < -0.39 is 22.2 Å². The minimum Gasteiger partial charge on any atom is -0.491 e. The van der Waals surface area contributed by atoms with Crippen LogP contribution >= 0.6 is 0 Å². The van der Waals surface area contributed by atoms with Gasteiger partial charge >= 0.3 is 5.97 Å². The van der Waals surface area contributed by atoms with Crippen molar-refractivity contribution in [3.8, 4) is 5.75 Å². The Morgan fingerprint density at radius 2 is 1.68 bits per heavy atom. The number of carbonyl (C=O) groups excluding carboxylic acids is 1. The van der Waals surface area contributed by atoms with E-state index in [-0.39, 0.29) is 31.1 Å². The van der Waals surface area contributed by atoms with Crippen molar-refractivity contribution in [2.24, 2.45) is 0 Å². The first-order valence-corrected chi connectivity index (χ1v) is 10.2. The van der Waals surface area contributed by atoms with Gasteiger partial charge in [-0.3, -0.25) is 4.18 Å². The molecule has 0 aliphatic carbocycles. The van der Waals surface area contributed by atoms with Crippen molar-refractivity contribution in [2.75, 3.05) is 19.8 Å². The minimum atomic E-state index is -3.82. The van der Waals surface area contributed by atoms with Crippen LogP contribution in [0, 0.1) is 6.92 Å². The smallest absolute Gasteiger partial charge is 0.335 e. The summed E-state index contributed by atoms with van der Waals surface area (Å²) in [4.78, 5) is 11.5. The Morgan fingerprint density at radius 3 is 2.29 bits per heavy atom. The van der Waals surface area contributed by atoms with Gasteiger partial charge in [-0.25, -0.2) is 4.79 Å². The summed E-state index contributed by atoms with van der Waals surface area (Å²) in [5, 5.41) is 9.75. The molecule has 8 heteroatoms. The molecule has 1 atom stereocenters. The maximum absolute atomic E-state index is 12.1. The fourth-order valence-corrected chi connectivity index (χ4v) is 3.24. The fourth-order valence-electron chi connectivity index (χ4n) is 2.34. The summed E-state index contributed by atoms with van der Waals surface area (Å²) in [7, 11) is -3.82. The summed E-state index contributed by atoms with van der Waals surface area (Å²) in [6.07, 6.45) is -1.08. The third-order valence-corrected chi connectivity index (χ3v) is 5.14. The number of hydrogen-bond donors (Lipinski definition) is 1. The fraction of sp³-hybridized carbons (Fsp3) is 0.350. The van der Waals surface area contributed by atoms with Crippen LogP contribution < -0.4 is 4.74 Å². The van der Waals surface area contributed by atoms with E-state index in [0.717, 1.165) is 11.1 Å². The molecule has 0 saturated heterocycles. The Bertz CT molecular complexity index is 858. The average Bonchev–Trinajstić information content (AvgIpc) is 2.67. The van der Waals surface area contributed by atoms with Crippen LogP contribution in [-0.4, -0.2) is 45.4 Å². The first-order chi connectivity index (χ1) is 13.3. The number of rotatable bonds is 10.